The summed E-state index contributed by atoms with van der Waals surface area (Å²) in [7, 11) is 1.97. The number of hydrogen-bond donors (Lipinski definition) is 2. The smallest absolute Gasteiger partial charge is 0.305 e. The van der Waals surface area contributed by atoms with Gasteiger partial charge in [-0.25, -0.2) is 0 Å². The van der Waals surface area contributed by atoms with Gasteiger partial charge in [-0.3, -0.25) is 4.79 Å². The van der Waals surface area contributed by atoms with E-state index < -0.39 is 12.0 Å². The van der Waals surface area contributed by atoms with Gasteiger partial charge < -0.3 is 15.4 Å². The van der Waals surface area contributed by atoms with Gasteiger partial charge in [0.25, 0.3) is 0 Å². The van der Waals surface area contributed by atoms with Crippen molar-refractivity contribution in [1.29, 1.82) is 0 Å². The van der Waals surface area contributed by atoms with Crippen LogP contribution in [0.2, 0.25) is 0 Å². The lowest BCUT2D eigenvalue weighted by atomic mass is 10.0. The molecule has 0 amide bonds. The molecule has 0 spiro atoms. The number of hydrogen-bond acceptors (Lipinski definition) is 2. The number of aryl methyl sites for hydroxylation is 1. The second-order valence-corrected chi connectivity index (χ2v) is 3.95. The van der Waals surface area contributed by atoms with E-state index in [1.54, 1.807) is 0 Å². The zero-order valence-corrected chi connectivity index (χ0v) is 9.05. The van der Waals surface area contributed by atoms with E-state index in [9.17, 15) is 4.79 Å². The third-order valence-electron chi connectivity index (χ3n) is 2.73. The van der Waals surface area contributed by atoms with Crippen LogP contribution in [0.25, 0.3) is 10.9 Å². The predicted octanol–water partition coefficient (Wildman–Crippen LogP) is 1.65. The Hall–Kier alpha value is -1.81. The molecule has 1 aromatic carbocycles. The number of fused-ring (bicyclic) bond motifs is 1. The van der Waals surface area contributed by atoms with Gasteiger partial charge in [0.1, 0.15) is 0 Å². The van der Waals surface area contributed by atoms with Crippen molar-refractivity contribution < 1.29 is 9.90 Å². The summed E-state index contributed by atoms with van der Waals surface area (Å²) in [5.74, 6) is -0.874. The van der Waals surface area contributed by atoms with Crippen LogP contribution < -0.4 is 5.73 Å². The Labute approximate surface area is 93.3 Å². The predicted molar refractivity (Wildman–Crippen MR) is 62.1 cm³/mol. The molecule has 0 aliphatic carbocycles. The molecule has 3 N–H and O–H groups in total. The summed E-state index contributed by atoms with van der Waals surface area (Å²) in [5.41, 5.74) is 7.79. The number of nitrogens with two attached hydrogens (primary N) is 1. The first-order chi connectivity index (χ1) is 7.58. The van der Waals surface area contributed by atoms with E-state index in [1.807, 2.05) is 42.1 Å². The normalized spacial score (nSPS) is 12.9. The average Bonchev–Trinajstić information content (AvgIpc) is 2.59. The topological polar surface area (TPSA) is 68.2 Å². The number of benzene rings is 1. The molecule has 0 bridgehead atoms. The minimum atomic E-state index is -0.874. The van der Waals surface area contributed by atoms with E-state index in [-0.39, 0.29) is 6.42 Å². The van der Waals surface area contributed by atoms with Crippen molar-refractivity contribution in [3.63, 3.8) is 0 Å². The van der Waals surface area contributed by atoms with Crippen LogP contribution in [0.15, 0.2) is 30.5 Å². The van der Waals surface area contributed by atoms with Gasteiger partial charge in [0.2, 0.25) is 0 Å². The van der Waals surface area contributed by atoms with Crippen LogP contribution in [0.4, 0.5) is 0 Å². The minimum absolute atomic E-state index is 0.0433. The number of rotatable bonds is 3. The number of aromatic nitrogens is 1. The second-order valence-electron chi connectivity index (χ2n) is 3.95. The molecule has 84 valence electrons. The van der Waals surface area contributed by atoms with Crippen molar-refractivity contribution in [2.24, 2.45) is 12.8 Å². The molecule has 4 heteroatoms. The highest BCUT2D eigenvalue weighted by atomic mass is 16.4. The van der Waals surface area contributed by atoms with E-state index in [0.29, 0.717) is 0 Å². The van der Waals surface area contributed by atoms with E-state index >= 15 is 0 Å². The number of nitrogens with zero attached hydrogens (tertiary/aromatic N) is 1. The summed E-state index contributed by atoms with van der Waals surface area (Å²) in [5, 5.41) is 9.76. The molecule has 0 saturated heterocycles. The van der Waals surface area contributed by atoms with Crippen molar-refractivity contribution in [2.75, 3.05) is 0 Å². The zero-order chi connectivity index (χ0) is 11.7. The summed E-state index contributed by atoms with van der Waals surface area (Å²) in [6, 6.07) is 7.35. The zero-order valence-electron chi connectivity index (χ0n) is 9.05. The van der Waals surface area contributed by atoms with Gasteiger partial charge >= 0.3 is 5.97 Å². The van der Waals surface area contributed by atoms with Gasteiger partial charge in [-0.05, 0) is 29.1 Å². The fourth-order valence-corrected chi connectivity index (χ4v) is 1.84. The number of aliphatic carboxylic acids is 1. The fraction of sp³-hybridized carbons (Fsp3) is 0.250. The van der Waals surface area contributed by atoms with Gasteiger partial charge in [0.15, 0.2) is 0 Å². The lowest BCUT2D eigenvalue weighted by molar-refractivity contribution is -0.137. The van der Waals surface area contributed by atoms with E-state index in [1.165, 1.54) is 0 Å². The first kappa shape index (κ1) is 10.7. The van der Waals surface area contributed by atoms with Crippen molar-refractivity contribution >= 4 is 16.9 Å². The molecule has 1 atom stereocenters. The molecule has 0 aliphatic heterocycles. The lowest BCUT2D eigenvalue weighted by Crippen LogP contribution is -2.14. The Balaban J connectivity index is 2.35. The minimum Gasteiger partial charge on any atom is -0.481 e. The SMILES string of the molecule is Cn1ccc2cc(C(N)CC(=O)O)ccc21. The summed E-state index contributed by atoms with van der Waals surface area (Å²) >= 11 is 0. The maximum absolute atomic E-state index is 10.6. The van der Waals surface area contributed by atoms with Crippen molar-refractivity contribution in [3.8, 4) is 0 Å². The van der Waals surface area contributed by atoms with Crippen LogP contribution in [0.3, 0.4) is 0 Å². The number of carboxylic acid groups (broad SMARTS) is 1. The molecule has 2 aromatic rings. The first-order valence-corrected chi connectivity index (χ1v) is 5.10. The van der Waals surface area contributed by atoms with Crippen molar-refractivity contribution in [3.05, 3.63) is 36.0 Å². The van der Waals surface area contributed by atoms with Gasteiger partial charge in [0, 0.05) is 24.8 Å². The molecule has 1 unspecified atom stereocenters. The van der Waals surface area contributed by atoms with E-state index in [4.69, 9.17) is 10.8 Å². The summed E-state index contributed by atoms with van der Waals surface area (Å²) in [6.45, 7) is 0. The molecule has 1 heterocycles. The lowest BCUT2D eigenvalue weighted by Gasteiger charge is -2.09. The Kier molecular flexibility index (Phi) is 2.66. The maximum Gasteiger partial charge on any atom is 0.305 e. The van der Waals surface area contributed by atoms with Crippen LogP contribution in [-0.4, -0.2) is 15.6 Å². The van der Waals surface area contributed by atoms with E-state index in [2.05, 4.69) is 0 Å². The third kappa shape index (κ3) is 1.92. The Morgan fingerprint density at radius 1 is 1.50 bits per heavy atom. The maximum atomic E-state index is 10.6. The molecule has 0 aliphatic rings. The van der Waals surface area contributed by atoms with Crippen LogP contribution in [0, 0.1) is 0 Å². The molecule has 4 nitrogen and oxygen atoms in total. The molecule has 2 rings (SSSR count). The summed E-state index contributed by atoms with van der Waals surface area (Å²) in [4.78, 5) is 10.6. The van der Waals surface area contributed by atoms with Crippen LogP contribution in [0.1, 0.15) is 18.0 Å². The van der Waals surface area contributed by atoms with Gasteiger partial charge in [-0.1, -0.05) is 6.07 Å². The Morgan fingerprint density at radius 2 is 2.25 bits per heavy atom. The molecular formula is C12H14N2O2. The second kappa shape index (κ2) is 3.98. The highest BCUT2D eigenvalue weighted by molar-refractivity contribution is 5.81. The van der Waals surface area contributed by atoms with Crippen molar-refractivity contribution in [2.45, 2.75) is 12.5 Å². The van der Waals surface area contributed by atoms with Gasteiger partial charge in [0.05, 0.1) is 6.42 Å². The molecule has 0 fully saturated rings. The largest absolute Gasteiger partial charge is 0.481 e. The standard InChI is InChI=1S/C12H14N2O2/c1-14-5-4-9-6-8(2-3-11(9)14)10(13)7-12(15)16/h2-6,10H,7,13H2,1H3,(H,15,16). The van der Waals surface area contributed by atoms with Crippen LogP contribution in [0.5, 0.6) is 0 Å². The first-order valence-electron chi connectivity index (χ1n) is 5.10. The summed E-state index contributed by atoms with van der Waals surface area (Å²) in [6.07, 6.45) is 1.93. The van der Waals surface area contributed by atoms with Crippen LogP contribution in [-0.2, 0) is 11.8 Å². The molecule has 1 aromatic heterocycles. The molecule has 0 saturated carbocycles. The molecule has 16 heavy (non-hydrogen) atoms. The van der Waals surface area contributed by atoms with Gasteiger partial charge in [-0.15, -0.1) is 0 Å². The van der Waals surface area contributed by atoms with Gasteiger partial charge in [-0.2, -0.15) is 0 Å². The summed E-state index contributed by atoms with van der Waals surface area (Å²) < 4.78 is 2.02. The van der Waals surface area contributed by atoms with Crippen LogP contribution >= 0.6 is 0 Å². The third-order valence-corrected chi connectivity index (χ3v) is 2.73. The molecular weight excluding hydrogens is 204 g/mol. The average molecular weight is 218 g/mol. The number of carboxylic acids is 1. The quantitative estimate of drug-likeness (QED) is 0.823. The highest BCUT2D eigenvalue weighted by Crippen LogP contribution is 2.21. The fourth-order valence-electron chi connectivity index (χ4n) is 1.84. The van der Waals surface area contributed by atoms with Crippen molar-refractivity contribution in [1.82, 2.24) is 4.57 Å². The highest BCUT2D eigenvalue weighted by Gasteiger charge is 2.11. The van der Waals surface area contributed by atoms with E-state index in [0.717, 1.165) is 16.5 Å². The number of carbonyl (C=O) groups is 1. The Morgan fingerprint density at radius 3 is 2.94 bits per heavy atom. The monoisotopic (exact) mass is 218 g/mol. The molecule has 0 radical (unpaired) electrons. The Bertz CT molecular complexity index is 531.